The van der Waals surface area contributed by atoms with Gasteiger partial charge in [0, 0.05) is 6.08 Å². The maximum Gasteiger partial charge on any atom is 0.331 e. The molecule has 0 N–H and O–H groups in total. The molecule has 0 fully saturated rings. The molecular weight excluding hydrogens is 264 g/mol. The SMILES string of the molecule is CCCCCC(CC)OC(=O)C=Cc1cccc(OC)c1. The molecule has 3 heteroatoms. The standard InChI is InChI=1S/C18H26O3/c1-4-6-7-10-16(5-2)21-18(19)13-12-15-9-8-11-17(14-15)20-3/h8-9,11-14,16H,4-7,10H2,1-3H3. The number of hydrogen-bond donors (Lipinski definition) is 0. The highest BCUT2D eigenvalue weighted by Crippen LogP contribution is 2.14. The van der Waals surface area contributed by atoms with Crippen LogP contribution in [0.1, 0.15) is 51.5 Å². The molecule has 0 aliphatic carbocycles. The van der Waals surface area contributed by atoms with Gasteiger partial charge in [0.15, 0.2) is 0 Å². The van der Waals surface area contributed by atoms with Crippen LogP contribution in [0.4, 0.5) is 0 Å². The molecule has 0 spiro atoms. The highest BCUT2D eigenvalue weighted by atomic mass is 16.5. The molecule has 1 atom stereocenters. The van der Waals surface area contributed by atoms with Gasteiger partial charge in [-0.05, 0) is 43.0 Å². The van der Waals surface area contributed by atoms with E-state index >= 15 is 0 Å². The van der Waals surface area contributed by atoms with Crippen molar-refractivity contribution in [2.24, 2.45) is 0 Å². The quantitative estimate of drug-likeness (QED) is 0.378. The van der Waals surface area contributed by atoms with Gasteiger partial charge < -0.3 is 9.47 Å². The van der Waals surface area contributed by atoms with Crippen LogP contribution in [0, 0.1) is 0 Å². The van der Waals surface area contributed by atoms with Crippen LogP contribution in [0.3, 0.4) is 0 Å². The van der Waals surface area contributed by atoms with Crippen LogP contribution in [0.15, 0.2) is 30.3 Å². The zero-order valence-corrected chi connectivity index (χ0v) is 13.3. The van der Waals surface area contributed by atoms with Crippen molar-refractivity contribution >= 4 is 12.0 Å². The predicted octanol–water partition coefficient (Wildman–Crippen LogP) is 4.61. The predicted molar refractivity (Wildman–Crippen MR) is 86.3 cm³/mol. The zero-order valence-electron chi connectivity index (χ0n) is 13.3. The Labute approximate surface area is 128 Å². The Morgan fingerprint density at radius 1 is 1.29 bits per heavy atom. The van der Waals surface area contributed by atoms with E-state index in [1.54, 1.807) is 13.2 Å². The number of carbonyl (C=O) groups is 1. The van der Waals surface area contributed by atoms with Gasteiger partial charge in [0.05, 0.1) is 7.11 Å². The van der Waals surface area contributed by atoms with E-state index in [0.29, 0.717) is 0 Å². The van der Waals surface area contributed by atoms with E-state index in [1.807, 2.05) is 24.3 Å². The van der Waals surface area contributed by atoms with Crippen LogP contribution < -0.4 is 4.74 Å². The van der Waals surface area contributed by atoms with Gasteiger partial charge in [-0.3, -0.25) is 0 Å². The molecule has 116 valence electrons. The van der Waals surface area contributed by atoms with E-state index in [2.05, 4.69) is 13.8 Å². The van der Waals surface area contributed by atoms with Crippen molar-refractivity contribution in [3.8, 4) is 5.75 Å². The van der Waals surface area contributed by atoms with Gasteiger partial charge in [0.2, 0.25) is 0 Å². The fourth-order valence-corrected chi connectivity index (χ4v) is 2.08. The maximum absolute atomic E-state index is 11.8. The van der Waals surface area contributed by atoms with Crippen molar-refractivity contribution in [1.29, 1.82) is 0 Å². The van der Waals surface area contributed by atoms with Gasteiger partial charge in [0.1, 0.15) is 11.9 Å². The minimum absolute atomic E-state index is 0.0269. The molecule has 1 aromatic carbocycles. The number of esters is 1. The van der Waals surface area contributed by atoms with Gasteiger partial charge in [-0.15, -0.1) is 0 Å². The third-order valence-corrected chi connectivity index (χ3v) is 3.37. The number of unbranched alkanes of at least 4 members (excludes halogenated alkanes) is 2. The van der Waals surface area contributed by atoms with E-state index in [1.165, 1.54) is 18.9 Å². The van der Waals surface area contributed by atoms with Crippen LogP contribution >= 0.6 is 0 Å². The third-order valence-electron chi connectivity index (χ3n) is 3.37. The summed E-state index contributed by atoms with van der Waals surface area (Å²) in [5.41, 5.74) is 0.922. The summed E-state index contributed by atoms with van der Waals surface area (Å²) in [5, 5.41) is 0. The van der Waals surface area contributed by atoms with Gasteiger partial charge in [-0.25, -0.2) is 4.79 Å². The van der Waals surface area contributed by atoms with Crippen LogP contribution in [0.2, 0.25) is 0 Å². The maximum atomic E-state index is 11.8. The molecule has 0 heterocycles. The largest absolute Gasteiger partial charge is 0.497 e. The molecule has 3 nitrogen and oxygen atoms in total. The van der Waals surface area contributed by atoms with E-state index in [9.17, 15) is 4.79 Å². The monoisotopic (exact) mass is 290 g/mol. The lowest BCUT2D eigenvalue weighted by molar-refractivity contribution is -0.143. The molecule has 0 radical (unpaired) electrons. The Balaban J connectivity index is 2.48. The lowest BCUT2D eigenvalue weighted by Crippen LogP contribution is -2.15. The summed E-state index contributed by atoms with van der Waals surface area (Å²) in [6.07, 6.45) is 8.56. The first kappa shape index (κ1) is 17.3. The average molecular weight is 290 g/mol. The van der Waals surface area contributed by atoms with Gasteiger partial charge in [0.25, 0.3) is 0 Å². The Bertz CT molecular complexity index is 452. The molecule has 1 aromatic rings. The molecule has 0 aliphatic heterocycles. The zero-order chi connectivity index (χ0) is 15.5. The Kier molecular flexibility index (Phi) is 8.25. The second kappa shape index (κ2) is 10.0. The first-order valence-electron chi connectivity index (χ1n) is 7.72. The summed E-state index contributed by atoms with van der Waals surface area (Å²) >= 11 is 0. The second-order valence-corrected chi connectivity index (χ2v) is 5.07. The van der Waals surface area contributed by atoms with Crippen LogP contribution in [-0.4, -0.2) is 19.2 Å². The molecule has 0 saturated carbocycles. The molecule has 0 saturated heterocycles. The number of rotatable bonds is 9. The fraction of sp³-hybridized carbons (Fsp3) is 0.500. The van der Waals surface area contributed by atoms with Crippen molar-refractivity contribution in [1.82, 2.24) is 0 Å². The van der Waals surface area contributed by atoms with E-state index in [0.717, 1.165) is 30.6 Å². The molecule has 0 amide bonds. The summed E-state index contributed by atoms with van der Waals surface area (Å²) in [6, 6.07) is 7.56. The number of benzene rings is 1. The Morgan fingerprint density at radius 3 is 2.76 bits per heavy atom. The average Bonchev–Trinajstić information content (AvgIpc) is 2.52. The molecule has 0 aromatic heterocycles. The van der Waals surface area contributed by atoms with E-state index in [4.69, 9.17) is 9.47 Å². The Morgan fingerprint density at radius 2 is 2.10 bits per heavy atom. The fourth-order valence-electron chi connectivity index (χ4n) is 2.08. The molecule has 21 heavy (non-hydrogen) atoms. The summed E-state index contributed by atoms with van der Waals surface area (Å²) in [4.78, 5) is 11.8. The van der Waals surface area contributed by atoms with Crippen molar-refractivity contribution in [2.45, 2.75) is 52.1 Å². The lowest BCUT2D eigenvalue weighted by atomic mass is 10.1. The van der Waals surface area contributed by atoms with Crippen molar-refractivity contribution in [2.75, 3.05) is 7.11 Å². The Hall–Kier alpha value is -1.77. The number of ether oxygens (including phenoxy) is 2. The third kappa shape index (κ3) is 6.98. The minimum atomic E-state index is -0.277. The first-order chi connectivity index (χ1) is 10.2. The summed E-state index contributed by atoms with van der Waals surface area (Å²) in [6.45, 7) is 4.22. The van der Waals surface area contributed by atoms with Gasteiger partial charge in [-0.1, -0.05) is 38.8 Å². The molecule has 1 unspecified atom stereocenters. The van der Waals surface area contributed by atoms with Gasteiger partial charge in [-0.2, -0.15) is 0 Å². The summed E-state index contributed by atoms with van der Waals surface area (Å²) < 4.78 is 10.6. The number of methoxy groups -OCH3 is 1. The molecular formula is C18H26O3. The van der Waals surface area contributed by atoms with Crippen LogP contribution in [0.5, 0.6) is 5.75 Å². The first-order valence-corrected chi connectivity index (χ1v) is 7.72. The molecule has 1 rings (SSSR count). The minimum Gasteiger partial charge on any atom is -0.497 e. The van der Waals surface area contributed by atoms with Crippen LogP contribution in [-0.2, 0) is 9.53 Å². The number of hydrogen-bond acceptors (Lipinski definition) is 3. The van der Waals surface area contributed by atoms with Crippen molar-refractivity contribution in [3.05, 3.63) is 35.9 Å². The second-order valence-electron chi connectivity index (χ2n) is 5.07. The van der Waals surface area contributed by atoms with E-state index < -0.39 is 0 Å². The molecule has 0 aliphatic rings. The van der Waals surface area contributed by atoms with Gasteiger partial charge >= 0.3 is 5.97 Å². The topological polar surface area (TPSA) is 35.5 Å². The van der Waals surface area contributed by atoms with Crippen molar-refractivity contribution < 1.29 is 14.3 Å². The highest BCUT2D eigenvalue weighted by Gasteiger charge is 2.09. The summed E-state index contributed by atoms with van der Waals surface area (Å²) in [5.74, 6) is 0.498. The highest BCUT2D eigenvalue weighted by molar-refractivity contribution is 5.87. The number of carbonyl (C=O) groups excluding carboxylic acids is 1. The van der Waals surface area contributed by atoms with Crippen molar-refractivity contribution in [3.63, 3.8) is 0 Å². The van der Waals surface area contributed by atoms with E-state index in [-0.39, 0.29) is 12.1 Å². The van der Waals surface area contributed by atoms with Crippen LogP contribution in [0.25, 0.3) is 6.08 Å². The normalized spacial score (nSPS) is 12.3. The lowest BCUT2D eigenvalue weighted by Gasteiger charge is -2.14. The smallest absolute Gasteiger partial charge is 0.331 e. The summed E-state index contributed by atoms with van der Waals surface area (Å²) in [7, 11) is 1.62. The molecule has 0 bridgehead atoms.